The molecule has 0 amide bonds. The Balaban J connectivity index is 0.00000576. The number of benzene rings is 1. The molecule has 25 heavy (non-hydrogen) atoms. The molecule has 1 aromatic rings. The predicted molar refractivity (Wildman–Crippen MR) is 117 cm³/mol. The first kappa shape index (κ1) is 23.8. The van der Waals surface area contributed by atoms with E-state index in [0.29, 0.717) is 13.2 Å². The van der Waals surface area contributed by atoms with E-state index in [2.05, 4.69) is 41.3 Å². The normalized spacial score (nSPS) is 10.8. The zero-order valence-electron chi connectivity index (χ0n) is 16.3. The molecule has 0 radical (unpaired) electrons. The van der Waals surface area contributed by atoms with Gasteiger partial charge < -0.3 is 19.7 Å². The minimum absolute atomic E-state index is 0. The van der Waals surface area contributed by atoms with E-state index in [4.69, 9.17) is 9.47 Å². The minimum atomic E-state index is 0. The molecule has 0 aliphatic heterocycles. The highest BCUT2D eigenvalue weighted by molar-refractivity contribution is 14.0. The Morgan fingerprint density at radius 2 is 1.80 bits per heavy atom. The number of halogens is 1. The van der Waals surface area contributed by atoms with Crippen LogP contribution in [-0.4, -0.2) is 51.3 Å². The van der Waals surface area contributed by atoms with E-state index >= 15 is 0 Å². The second kappa shape index (κ2) is 14.0. The van der Waals surface area contributed by atoms with Crippen molar-refractivity contribution in [1.82, 2.24) is 10.2 Å². The molecule has 1 N–H and O–H groups in total. The molecule has 0 spiro atoms. The lowest BCUT2D eigenvalue weighted by atomic mass is 10.1. The van der Waals surface area contributed by atoms with Crippen molar-refractivity contribution in [3.63, 3.8) is 0 Å². The Hall–Kier alpha value is -1.18. The second-order valence-corrected chi connectivity index (χ2v) is 5.65. The number of hydrogen-bond acceptors (Lipinski definition) is 3. The van der Waals surface area contributed by atoms with Crippen LogP contribution in [0.25, 0.3) is 0 Å². The molecule has 0 aliphatic rings. The fraction of sp³-hybridized carbons (Fsp3) is 0.632. The number of hydrogen-bond donors (Lipinski definition) is 1. The topological polar surface area (TPSA) is 46.1 Å². The number of rotatable bonds is 10. The molecular formula is C19H34IN3O2. The molecule has 0 heterocycles. The van der Waals surface area contributed by atoms with Crippen molar-refractivity contribution < 1.29 is 9.47 Å². The van der Waals surface area contributed by atoms with Crippen molar-refractivity contribution in [3.05, 3.63) is 23.8 Å². The highest BCUT2D eigenvalue weighted by Crippen LogP contribution is 2.28. The number of ether oxygens (including phenoxy) is 2. The quantitative estimate of drug-likeness (QED) is 0.324. The molecule has 0 aromatic heterocycles. The molecule has 1 rings (SSSR count). The van der Waals surface area contributed by atoms with Crippen LogP contribution in [0.15, 0.2) is 23.2 Å². The molecule has 5 nitrogen and oxygen atoms in total. The van der Waals surface area contributed by atoms with Gasteiger partial charge >= 0.3 is 0 Å². The summed E-state index contributed by atoms with van der Waals surface area (Å²) in [6.07, 6.45) is 3.27. The van der Waals surface area contributed by atoms with Crippen LogP contribution >= 0.6 is 24.0 Å². The van der Waals surface area contributed by atoms with Crippen molar-refractivity contribution >= 4 is 29.9 Å². The smallest absolute Gasteiger partial charge is 0.193 e. The molecule has 0 fully saturated rings. The fourth-order valence-corrected chi connectivity index (χ4v) is 2.46. The summed E-state index contributed by atoms with van der Waals surface area (Å²) in [6.45, 7) is 9.30. The van der Waals surface area contributed by atoms with Gasteiger partial charge in [0.2, 0.25) is 0 Å². The summed E-state index contributed by atoms with van der Waals surface area (Å²) in [5, 5.41) is 3.42. The monoisotopic (exact) mass is 463 g/mol. The van der Waals surface area contributed by atoms with Gasteiger partial charge in [0.15, 0.2) is 17.5 Å². The average Bonchev–Trinajstić information content (AvgIpc) is 2.59. The third kappa shape index (κ3) is 8.65. The average molecular weight is 463 g/mol. The lowest BCUT2D eigenvalue weighted by Crippen LogP contribution is -2.40. The first-order valence-corrected chi connectivity index (χ1v) is 8.96. The molecule has 0 unspecified atom stereocenters. The van der Waals surface area contributed by atoms with Crippen molar-refractivity contribution in [3.8, 4) is 11.5 Å². The molecule has 6 heteroatoms. The Labute approximate surface area is 170 Å². The van der Waals surface area contributed by atoms with Gasteiger partial charge in [-0.3, -0.25) is 4.99 Å². The van der Waals surface area contributed by atoms with Crippen LogP contribution in [-0.2, 0) is 6.42 Å². The largest absolute Gasteiger partial charge is 0.490 e. The predicted octanol–water partition coefficient (Wildman–Crippen LogP) is 3.95. The highest BCUT2D eigenvalue weighted by Gasteiger charge is 2.08. The summed E-state index contributed by atoms with van der Waals surface area (Å²) < 4.78 is 11.3. The molecule has 0 atom stereocenters. The van der Waals surface area contributed by atoms with Gasteiger partial charge in [0.1, 0.15) is 0 Å². The van der Waals surface area contributed by atoms with Crippen LogP contribution in [0.4, 0.5) is 0 Å². The SMILES string of the molecule is CCCCN(C)C(=NC)NCCc1ccc(OCC)c(OCC)c1.I. The summed E-state index contributed by atoms with van der Waals surface area (Å²) in [7, 11) is 3.91. The lowest BCUT2D eigenvalue weighted by molar-refractivity contribution is 0.287. The third-order valence-electron chi connectivity index (χ3n) is 3.73. The summed E-state index contributed by atoms with van der Waals surface area (Å²) in [5.41, 5.74) is 1.22. The van der Waals surface area contributed by atoms with Crippen LogP contribution in [0, 0.1) is 0 Å². The molecule has 1 aromatic carbocycles. The number of guanidine groups is 1. The van der Waals surface area contributed by atoms with E-state index in [1.54, 1.807) is 0 Å². The molecule has 0 aliphatic carbocycles. The van der Waals surface area contributed by atoms with E-state index in [1.165, 1.54) is 18.4 Å². The van der Waals surface area contributed by atoms with Crippen LogP contribution < -0.4 is 14.8 Å². The first-order chi connectivity index (χ1) is 11.7. The minimum Gasteiger partial charge on any atom is -0.490 e. The zero-order valence-corrected chi connectivity index (χ0v) is 18.6. The number of nitrogens with one attached hydrogen (secondary N) is 1. The standard InChI is InChI=1S/C19H33N3O2.HI/c1-6-9-14-22(5)19(20-4)21-13-12-16-10-11-17(23-7-2)18(15-16)24-8-3;/h10-11,15H,6-9,12-14H2,1-5H3,(H,20,21);1H. The summed E-state index contributed by atoms with van der Waals surface area (Å²) in [5.74, 6) is 2.58. The maximum Gasteiger partial charge on any atom is 0.193 e. The van der Waals surface area contributed by atoms with E-state index < -0.39 is 0 Å². The summed E-state index contributed by atoms with van der Waals surface area (Å²) in [6, 6.07) is 6.16. The Morgan fingerprint density at radius 3 is 2.40 bits per heavy atom. The number of nitrogens with zero attached hydrogens (tertiary/aromatic N) is 2. The van der Waals surface area contributed by atoms with E-state index in [1.807, 2.05) is 27.0 Å². The van der Waals surface area contributed by atoms with Crippen molar-refractivity contribution in [2.75, 3.05) is 40.4 Å². The van der Waals surface area contributed by atoms with Crippen LogP contribution in [0.1, 0.15) is 39.2 Å². The van der Waals surface area contributed by atoms with Crippen molar-refractivity contribution in [2.24, 2.45) is 4.99 Å². The van der Waals surface area contributed by atoms with Crippen LogP contribution in [0.3, 0.4) is 0 Å². The van der Waals surface area contributed by atoms with Crippen molar-refractivity contribution in [1.29, 1.82) is 0 Å². The molecule has 144 valence electrons. The van der Waals surface area contributed by atoms with Gasteiger partial charge in [0, 0.05) is 27.2 Å². The van der Waals surface area contributed by atoms with Crippen LogP contribution in [0.5, 0.6) is 11.5 Å². The molecular weight excluding hydrogens is 429 g/mol. The fourth-order valence-electron chi connectivity index (χ4n) is 2.46. The van der Waals surface area contributed by atoms with Gasteiger partial charge in [0.05, 0.1) is 13.2 Å². The molecule has 0 saturated heterocycles. The van der Waals surface area contributed by atoms with E-state index in [-0.39, 0.29) is 24.0 Å². The number of aliphatic imine (C=N–C) groups is 1. The Morgan fingerprint density at radius 1 is 1.12 bits per heavy atom. The van der Waals surface area contributed by atoms with Gasteiger partial charge in [0.25, 0.3) is 0 Å². The van der Waals surface area contributed by atoms with Gasteiger partial charge in [-0.1, -0.05) is 19.4 Å². The van der Waals surface area contributed by atoms with Crippen molar-refractivity contribution in [2.45, 2.75) is 40.0 Å². The molecule has 0 saturated carbocycles. The van der Waals surface area contributed by atoms with Gasteiger partial charge in [-0.05, 0) is 44.4 Å². The van der Waals surface area contributed by atoms with Crippen LogP contribution in [0.2, 0.25) is 0 Å². The Bertz CT molecular complexity index is 509. The van der Waals surface area contributed by atoms with E-state index in [9.17, 15) is 0 Å². The maximum atomic E-state index is 5.68. The van der Waals surface area contributed by atoms with Gasteiger partial charge in [-0.2, -0.15) is 0 Å². The van der Waals surface area contributed by atoms with Gasteiger partial charge in [-0.15, -0.1) is 24.0 Å². The van der Waals surface area contributed by atoms with Gasteiger partial charge in [-0.25, -0.2) is 0 Å². The Kier molecular flexibility index (Phi) is 13.4. The first-order valence-electron chi connectivity index (χ1n) is 8.96. The highest BCUT2D eigenvalue weighted by atomic mass is 127. The van der Waals surface area contributed by atoms with E-state index in [0.717, 1.165) is 37.0 Å². The summed E-state index contributed by atoms with van der Waals surface area (Å²) >= 11 is 0. The maximum absolute atomic E-state index is 5.68. The number of unbranched alkanes of at least 4 members (excludes halogenated alkanes) is 1. The summed E-state index contributed by atoms with van der Waals surface area (Å²) in [4.78, 5) is 6.52. The molecule has 0 bridgehead atoms. The zero-order chi connectivity index (χ0) is 17.8. The third-order valence-corrected chi connectivity index (χ3v) is 3.73. The lowest BCUT2D eigenvalue weighted by Gasteiger charge is -2.22. The second-order valence-electron chi connectivity index (χ2n) is 5.65.